The molecule has 1 aromatic heterocycles. The van der Waals surface area contributed by atoms with Gasteiger partial charge in [-0.25, -0.2) is 19.6 Å². The van der Waals surface area contributed by atoms with Crippen LogP contribution in [0.3, 0.4) is 0 Å². The van der Waals surface area contributed by atoms with Crippen LogP contribution in [0.2, 0.25) is 0 Å². The largest absolute Gasteiger partial charge is 0.494 e. The van der Waals surface area contributed by atoms with Crippen LogP contribution >= 0.6 is 11.3 Å². The summed E-state index contributed by atoms with van der Waals surface area (Å²) in [6.07, 6.45) is 14.3. The first-order chi connectivity index (χ1) is 39.3. The molecule has 5 aromatic rings. The number of thiazole rings is 1. The predicted octanol–water partition coefficient (Wildman–Crippen LogP) is 12.5. The molecular formula is C63H73N3O14S. The van der Waals surface area contributed by atoms with Crippen molar-refractivity contribution in [2.24, 2.45) is 28.8 Å². The van der Waals surface area contributed by atoms with Gasteiger partial charge in [0.25, 0.3) is 0 Å². The van der Waals surface area contributed by atoms with Crippen LogP contribution < -0.4 is 33.4 Å². The lowest BCUT2D eigenvalue weighted by Gasteiger charge is -2.26. The fourth-order valence-corrected chi connectivity index (χ4v) is 10.4. The number of benzene rings is 4. The summed E-state index contributed by atoms with van der Waals surface area (Å²) in [5.41, 5.74) is 1.25. The van der Waals surface area contributed by atoms with Crippen LogP contribution in [0.5, 0.6) is 34.5 Å². The molecular weight excluding hydrogens is 1050 g/mol. The highest BCUT2D eigenvalue weighted by molar-refractivity contribution is 7.22. The summed E-state index contributed by atoms with van der Waals surface area (Å²) in [5, 5.41) is 7.29. The first-order valence-electron chi connectivity index (χ1n) is 28.1. The number of nitrogens with zero attached hydrogens (tertiary/aromatic N) is 3. The molecule has 0 N–H and O–H groups in total. The average Bonchev–Trinajstić information content (AvgIpc) is 3.92. The summed E-state index contributed by atoms with van der Waals surface area (Å²) in [4.78, 5) is 81.1. The van der Waals surface area contributed by atoms with E-state index in [0.29, 0.717) is 111 Å². The quantitative estimate of drug-likeness (QED) is 0.0105. The predicted molar refractivity (Wildman–Crippen MR) is 308 cm³/mol. The molecule has 4 aromatic carbocycles. The van der Waals surface area contributed by atoms with Crippen molar-refractivity contribution < 1.29 is 66.7 Å². The zero-order valence-corrected chi connectivity index (χ0v) is 47.1. The minimum Gasteiger partial charge on any atom is -0.494 e. The van der Waals surface area contributed by atoms with Crippen LogP contribution in [0.1, 0.15) is 122 Å². The summed E-state index contributed by atoms with van der Waals surface area (Å²) in [7, 11) is 0. The van der Waals surface area contributed by atoms with Crippen LogP contribution in [0.25, 0.3) is 10.2 Å². The fraction of sp³-hybridized carbons (Fsp3) is 0.429. The van der Waals surface area contributed by atoms with E-state index in [1.807, 2.05) is 38.1 Å². The van der Waals surface area contributed by atoms with E-state index in [9.17, 15) is 28.8 Å². The molecule has 2 fully saturated rings. The summed E-state index contributed by atoms with van der Waals surface area (Å²) in [6.45, 7) is 12.6. The highest BCUT2D eigenvalue weighted by atomic mass is 32.1. The number of unbranched alkanes of at least 4 members (excludes halogenated alkanes) is 6. The van der Waals surface area contributed by atoms with Crippen molar-refractivity contribution >= 4 is 68.7 Å². The summed E-state index contributed by atoms with van der Waals surface area (Å²) >= 11 is 1.50. The number of hydrogen-bond donors (Lipinski definition) is 0. The van der Waals surface area contributed by atoms with Gasteiger partial charge in [-0.3, -0.25) is 19.2 Å². The Balaban J connectivity index is 0.889. The number of fused-ring (bicyclic) bond motifs is 1. The number of carbonyl (C=O) groups excluding carboxylic acids is 6. The Hall–Kier alpha value is -7.86. The molecule has 2 saturated carbocycles. The first kappa shape index (κ1) is 60.8. The van der Waals surface area contributed by atoms with Crippen molar-refractivity contribution in [2.75, 3.05) is 31.4 Å². The number of hydrazone groups is 1. The Bertz CT molecular complexity index is 2890. The summed E-state index contributed by atoms with van der Waals surface area (Å²) in [5.74, 6) is -1.48. The maximum Gasteiger partial charge on any atom is 0.330 e. The normalized spacial score (nSPS) is 16.9. The Labute approximate surface area is 477 Å². The van der Waals surface area contributed by atoms with Gasteiger partial charge in [0.05, 0.1) is 66.5 Å². The molecule has 7 rings (SSSR count). The van der Waals surface area contributed by atoms with Crippen LogP contribution in [0, 0.1) is 23.7 Å². The second kappa shape index (κ2) is 31.8. The standard InChI is InChI=1S/C63H73N3O14S/c1-5-57(67)75-39-15-9-7-13-37-73-49-27-31-51(32-28-49)77-59(69)44-19-21-46(22-20-44)61(71)79-53-35-36-55(48(41-53)42-64-66(43(3)4)63-65-54-17-11-12-18-56(54)81-63)80-62(72)47-25-23-45(24-26-47)60(70)78-52-33-29-50(30-34-52)74-38-14-8-10-16-40-76-58(68)6-2/h5-6,11-12,17-18,27-36,41-47H,1-2,7-10,13-16,19-26,37-40H2,3-4H3/b64-42+/t44-,45-,46-,47-. The molecule has 2 aliphatic rings. The van der Waals surface area contributed by atoms with E-state index in [1.54, 1.807) is 78.0 Å². The lowest BCUT2D eigenvalue weighted by molar-refractivity contribution is -0.145. The topological polar surface area (TPSA) is 205 Å². The number of aromatic nitrogens is 1. The van der Waals surface area contributed by atoms with Crippen molar-refractivity contribution in [1.82, 2.24) is 4.98 Å². The molecule has 2 aliphatic carbocycles. The van der Waals surface area contributed by atoms with Gasteiger partial charge < -0.3 is 37.9 Å². The Morgan fingerprint density at radius 2 is 0.951 bits per heavy atom. The minimum absolute atomic E-state index is 0.0975. The fourth-order valence-electron chi connectivity index (χ4n) is 9.36. The van der Waals surface area contributed by atoms with Gasteiger partial charge in [-0.1, -0.05) is 36.6 Å². The molecule has 0 saturated heterocycles. The van der Waals surface area contributed by atoms with Gasteiger partial charge in [0.15, 0.2) is 0 Å². The second-order valence-electron chi connectivity index (χ2n) is 20.3. The Morgan fingerprint density at radius 1 is 0.543 bits per heavy atom. The Kier molecular flexibility index (Phi) is 23.9. The van der Waals surface area contributed by atoms with Gasteiger partial charge in [-0.15, -0.1) is 0 Å². The molecule has 430 valence electrons. The highest BCUT2D eigenvalue weighted by Gasteiger charge is 2.34. The lowest BCUT2D eigenvalue weighted by atomic mass is 9.82. The van der Waals surface area contributed by atoms with E-state index in [-0.39, 0.29) is 41.3 Å². The second-order valence-corrected chi connectivity index (χ2v) is 21.3. The van der Waals surface area contributed by atoms with Gasteiger partial charge in [0, 0.05) is 23.8 Å². The van der Waals surface area contributed by atoms with Gasteiger partial charge in [0.1, 0.15) is 34.5 Å². The van der Waals surface area contributed by atoms with E-state index in [4.69, 9.17) is 48.0 Å². The maximum absolute atomic E-state index is 13.9. The van der Waals surface area contributed by atoms with Crippen LogP contribution in [-0.2, 0) is 38.2 Å². The van der Waals surface area contributed by atoms with Gasteiger partial charge in [0.2, 0.25) is 5.13 Å². The average molecular weight is 1130 g/mol. The SMILES string of the molecule is C=CC(=O)OCCCCCCOc1ccc(OC(=O)[C@H]2CC[C@H](C(=O)Oc3ccc(OC(=O)[C@H]4CC[C@H](C(=O)Oc5ccc(OCCCCCCOC(=O)C=C)cc5)CC4)c(/C=N/N(c4nc5ccccc5s4)C(C)C)c3)CC2)cc1. The number of carbonyl (C=O) groups is 6. The smallest absolute Gasteiger partial charge is 0.330 e. The molecule has 0 radical (unpaired) electrons. The number of esters is 6. The number of para-hydroxylation sites is 1. The monoisotopic (exact) mass is 1130 g/mol. The molecule has 17 nitrogen and oxygen atoms in total. The highest BCUT2D eigenvalue weighted by Crippen LogP contribution is 2.36. The third kappa shape index (κ3) is 19.4. The van der Waals surface area contributed by atoms with E-state index >= 15 is 0 Å². The van der Waals surface area contributed by atoms with Gasteiger partial charge >= 0.3 is 35.8 Å². The molecule has 0 amide bonds. The molecule has 0 bridgehead atoms. The third-order valence-electron chi connectivity index (χ3n) is 14.0. The van der Waals surface area contributed by atoms with E-state index in [0.717, 1.165) is 73.7 Å². The van der Waals surface area contributed by atoms with E-state index in [1.165, 1.54) is 11.3 Å². The Morgan fingerprint density at radius 3 is 1.40 bits per heavy atom. The number of rotatable bonds is 30. The van der Waals surface area contributed by atoms with Gasteiger partial charge in [-0.05, 0) is 195 Å². The third-order valence-corrected chi connectivity index (χ3v) is 15.0. The summed E-state index contributed by atoms with van der Waals surface area (Å²) in [6, 6.07) is 26.4. The van der Waals surface area contributed by atoms with Crippen molar-refractivity contribution in [1.29, 1.82) is 0 Å². The maximum atomic E-state index is 13.9. The van der Waals surface area contributed by atoms with Crippen molar-refractivity contribution in [2.45, 2.75) is 123 Å². The first-order valence-corrected chi connectivity index (χ1v) is 28.9. The van der Waals surface area contributed by atoms with Crippen LogP contribution in [0.4, 0.5) is 5.13 Å². The van der Waals surface area contributed by atoms with E-state index in [2.05, 4.69) is 13.2 Å². The molecule has 0 unspecified atom stereocenters. The zero-order valence-electron chi connectivity index (χ0n) is 46.3. The van der Waals surface area contributed by atoms with Gasteiger partial charge in [-0.2, -0.15) is 5.10 Å². The van der Waals surface area contributed by atoms with Crippen molar-refractivity contribution in [3.63, 3.8) is 0 Å². The number of ether oxygens (including phenoxy) is 8. The molecule has 0 aliphatic heterocycles. The molecule has 0 spiro atoms. The van der Waals surface area contributed by atoms with Crippen LogP contribution in [0.15, 0.2) is 121 Å². The van der Waals surface area contributed by atoms with E-state index < -0.39 is 35.7 Å². The molecule has 81 heavy (non-hydrogen) atoms. The molecule has 18 heteroatoms. The zero-order chi connectivity index (χ0) is 57.3. The molecule has 0 atom stereocenters. The number of hydrogen-bond acceptors (Lipinski definition) is 18. The molecule has 1 heterocycles. The summed E-state index contributed by atoms with van der Waals surface area (Å²) < 4.78 is 46.2. The lowest BCUT2D eigenvalue weighted by Crippen LogP contribution is -2.30. The minimum atomic E-state index is -0.466. The van der Waals surface area contributed by atoms with Crippen molar-refractivity contribution in [3.8, 4) is 34.5 Å². The van der Waals surface area contributed by atoms with Crippen LogP contribution in [-0.4, -0.2) is 79.5 Å². The van der Waals surface area contributed by atoms with Crippen molar-refractivity contribution in [3.05, 3.63) is 122 Å². The number of anilines is 1.